The van der Waals surface area contributed by atoms with E-state index in [1.54, 1.807) is 13.0 Å². The molecular formula is C22H20N4O2. The van der Waals surface area contributed by atoms with Crippen molar-refractivity contribution >= 4 is 24.7 Å². The van der Waals surface area contributed by atoms with Gasteiger partial charge in [0.05, 0.1) is 16.8 Å². The molecule has 1 aromatic heterocycles. The highest BCUT2D eigenvalue weighted by Crippen LogP contribution is 2.31. The Morgan fingerprint density at radius 1 is 1.11 bits per heavy atom. The molecule has 0 bridgehead atoms. The highest BCUT2D eigenvalue weighted by Gasteiger charge is 2.20. The van der Waals surface area contributed by atoms with Crippen LogP contribution in [-0.4, -0.2) is 21.8 Å². The van der Waals surface area contributed by atoms with E-state index in [1.165, 1.54) is 23.0 Å². The molecule has 4 rings (SSSR count). The van der Waals surface area contributed by atoms with Crippen LogP contribution < -0.4 is 20.2 Å². The second kappa shape index (κ2) is 7.52. The molecule has 1 N–H and O–H groups in total. The van der Waals surface area contributed by atoms with Crippen molar-refractivity contribution in [1.82, 2.24) is 9.97 Å². The van der Waals surface area contributed by atoms with Gasteiger partial charge < -0.3 is 14.7 Å². The Bertz CT molecular complexity index is 1140. The Labute approximate surface area is 162 Å². The van der Waals surface area contributed by atoms with Gasteiger partial charge in [-0.2, -0.15) is 9.97 Å². The van der Waals surface area contributed by atoms with Crippen LogP contribution in [-0.2, 0) is 13.1 Å². The number of hydrogen-bond acceptors (Lipinski definition) is 6. The third-order valence-electron chi connectivity index (χ3n) is 4.67. The van der Waals surface area contributed by atoms with E-state index < -0.39 is 0 Å². The third-order valence-corrected chi connectivity index (χ3v) is 4.67. The van der Waals surface area contributed by atoms with E-state index >= 15 is 0 Å². The lowest BCUT2D eigenvalue weighted by atomic mass is 10.1. The Morgan fingerprint density at radius 3 is 2.64 bits per heavy atom. The number of anilines is 1. The molecule has 0 saturated carbocycles. The zero-order valence-corrected chi connectivity index (χ0v) is 15.5. The van der Waals surface area contributed by atoms with Crippen LogP contribution in [0.5, 0.6) is 17.6 Å². The van der Waals surface area contributed by atoms with Gasteiger partial charge in [-0.25, -0.2) is 0 Å². The zero-order chi connectivity index (χ0) is 19.5. The van der Waals surface area contributed by atoms with Gasteiger partial charge in [-0.1, -0.05) is 30.3 Å². The summed E-state index contributed by atoms with van der Waals surface area (Å²) in [5.41, 5.74) is 3.65. The summed E-state index contributed by atoms with van der Waals surface area (Å²) < 4.78 is 5.82. The third kappa shape index (κ3) is 3.44. The van der Waals surface area contributed by atoms with Gasteiger partial charge in [0.1, 0.15) is 5.75 Å². The fourth-order valence-electron chi connectivity index (χ4n) is 3.32. The first-order chi connectivity index (χ1) is 13.7. The lowest BCUT2D eigenvalue weighted by Gasteiger charge is -2.17. The van der Waals surface area contributed by atoms with E-state index in [0.717, 1.165) is 13.1 Å². The predicted octanol–water partition coefficient (Wildman–Crippen LogP) is 2.73. The van der Waals surface area contributed by atoms with Gasteiger partial charge in [0.2, 0.25) is 5.88 Å². The molecule has 0 fully saturated rings. The second-order valence-electron chi connectivity index (χ2n) is 6.45. The molecule has 6 nitrogen and oxygen atoms in total. The first-order valence-electron chi connectivity index (χ1n) is 8.97. The first kappa shape index (κ1) is 17.7. The number of aromatic hydroxyl groups is 1. The van der Waals surface area contributed by atoms with E-state index in [4.69, 9.17) is 4.74 Å². The minimum atomic E-state index is -0.154. The number of hydrogen-bond donors (Lipinski definition) is 1. The molecule has 0 amide bonds. The van der Waals surface area contributed by atoms with Crippen molar-refractivity contribution in [3.05, 3.63) is 70.2 Å². The standard InChI is InChI=1S/C22H20N4O2/c1-3-19-20(12-23-2)24-22(25-21(19)27)28-18-10-9-15-13-26(14-16(15)11-18)17-7-5-4-6-8-17/h3-12H,2,13-14H2,1H3,(H,24,25,27)/b19-3+,20-12+. The molecular weight excluding hydrogens is 352 g/mol. The summed E-state index contributed by atoms with van der Waals surface area (Å²) in [4.78, 5) is 14.4. The maximum absolute atomic E-state index is 10.1. The number of aliphatic imine (C=N–C) groups is 1. The second-order valence-corrected chi connectivity index (χ2v) is 6.45. The maximum atomic E-state index is 10.1. The van der Waals surface area contributed by atoms with Crippen molar-refractivity contribution in [3.63, 3.8) is 0 Å². The molecule has 140 valence electrons. The molecule has 0 spiro atoms. The lowest BCUT2D eigenvalue weighted by molar-refractivity contribution is 0.400. The maximum Gasteiger partial charge on any atom is 0.325 e. The Kier molecular flexibility index (Phi) is 4.76. The van der Waals surface area contributed by atoms with Crippen LogP contribution in [0.2, 0.25) is 0 Å². The monoisotopic (exact) mass is 372 g/mol. The van der Waals surface area contributed by atoms with Gasteiger partial charge >= 0.3 is 6.01 Å². The first-order valence-corrected chi connectivity index (χ1v) is 8.97. The summed E-state index contributed by atoms with van der Waals surface area (Å²) in [7, 11) is 0. The summed E-state index contributed by atoms with van der Waals surface area (Å²) in [5.74, 6) is 0.470. The quantitative estimate of drug-likeness (QED) is 0.713. The van der Waals surface area contributed by atoms with Crippen LogP contribution in [0.1, 0.15) is 18.1 Å². The van der Waals surface area contributed by atoms with E-state index in [0.29, 0.717) is 16.3 Å². The molecule has 3 aromatic rings. The minimum absolute atomic E-state index is 0.0656. The van der Waals surface area contributed by atoms with Crippen molar-refractivity contribution in [2.45, 2.75) is 20.0 Å². The summed E-state index contributed by atoms with van der Waals surface area (Å²) in [5, 5.41) is 11.1. The topological polar surface area (TPSA) is 70.8 Å². The van der Waals surface area contributed by atoms with Crippen LogP contribution in [0.25, 0.3) is 12.3 Å². The van der Waals surface area contributed by atoms with Crippen LogP contribution >= 0.6 is 0 Å². The molecule has 2 aromatic carbocycles. The average molecular weight is 372 g/mol. The minimum Gasteiger partial charge on any atom is -0.493 e. The van der Waals surface area contributed by atoms with E-state index in [9.17, 15) is 5.11 Å². The molecule has 0 saturated heterocycles. The molecule has 6 heteroatoms. The van der Waals surface area contributed by atoms with Crippen molar-refractivity contribution in [1.29, 1.82) is 0 Å². The average Bonchev–Trinajstić information content (AvgIpc) is 3.12. The summed E-state index contributed by atoms with van der Waals surface area (Å²) in [6.45, 7) is 6.90. The van der Waals surface area contributed by atoms with Gasteiger partial charge in [-0.3, -0.25) is 4.99 Å². The smallest absolute Gasteiger partial charge is 0.325 e. The van der Waals surface area contributed by atoms with Crippen molar-refractivity contribution in [3.8, 4) is 17.6 Å². The summed E-state index contributed by atoms with van der Waals surface area (Å²) in [6, 6.07) is 16.3. The largest absolute Gasteiger partial charge is 0.493 e. The van der Waals surface area contributed by atoms with Gasteiger partial charge in [-0.15, -0.1) is 0 Å². The van der Waals surface area contributed by atoms with Crippen LogP contribution in [0.4, 0.5) is 5.69 Å². The molecule has 28 heavy (non-hydrogen) atoms. The zero-order valence-electron chi connectivity index (χ0n) is 15.5. The normalized spacial score (nSPS) is 14.2. The Morgan fingerprint density at radius 2 is 1.89 bits per heavy atom. The van der Waals surface area contributed by atoms with Gasteiger partial charge in [-0.05, 0) is 49.0 Å². The highest BCUT2D eigenvalue weighted by molar-refractivity contribution is 5.53. The number of benzene rings is 2. The molecule has 0 atom stereocenters. The molecule has 0 aliphatic carbocycles. The summed E-state index contributed by atoms with van der Waals surface area (Å²) >= 11 is 0. The lowest BCUT2D eigenvalue weighted by Crippen LogP contribution is -2.29. The Hall–Kier alpha value is -3.67. The highest BCUT2D eigenvalue weighted by atomic mass is 16.5. The van der Waals surface area contributed by atoms with Crippen molar-refractivity contribution in [2.24, 2.45) is 4.99 Å². The number of fused-ring (bicyclic) bond motifs is 1. The predicted molar refractivity (Wildman–Crippen MR) is 110 cm³/mol. The van der Waals surface area contributed by atoms with E-state index in [-0.39, 0.29) is 11.9 Å². The molecule has 0 unspecified atom stereocenters. The fourth-order valence-corrected chi connectivity index (χ4v) is 3.32. The number of ether oxygens (including phenoxy) is 1. The summed E-state index contributed by atoms with van der Waals surface area (Å²) in [6.07, 6.45) is 3.17. The van der Waals surface area contributed by atoms with E-state index in [1.807, 2.05) is 30.3 Å². The number of nitrogens with zero attached hydrogens (tertiary/aromatic N) is 4. The number of aromatic nitrogens is 2. The van der Waals surface area contributed by atoms with Crippen molar-refractivity contribution in [2.75, 3.05) is 4.90 Å². The van der Waals surface area contributed by atoms with Gasteiger partial charge in [0.25, 0.3) is 0 Å². The van der Waals surface area contributed by atoms with Crippen LogP contribution in [0.15, 0.2) is 53.5 Å². The van der Waals surface area contributed by atoms with Crippen LogP contribution in [0.3, 0.4) is 0 Å². The van der Waals surface area contributed by atoms with Gasteiger partial charge in [0.15, 0.2) is 0 Å². The van der Waals surface area contributed by atoms with Crippen LogP contribution in [0, 0.1) is 0 Å². The van der Waals surface area contributed by atoms with Crippen molar-refractivity contribution < 1.29 is 9.84 Å². The molecule has 2 heterocycles. The molecule has 1 aliphatic heterocycles. The SMILES string of the molecule is C=N/C=c1/nc(Oc2ccc3c(c2)CN(c2ccccc2)C3)nc(O)/c1=C/C. The number of para-hydroxylation sites is 1. The molecule has 1 aliphatic rings. The molecule has 0 radical (unpaired) electrons. The van der Waals surface area contributed by atoms with Gasteiger partial charge in [0, 0.05) is 18.8 Å². The van der Waals surface area contributed by atoms with E-state index in [2.05, 4.69) is 44.8 Å². The fraction of sp³-hybridized carbons (Fsp3) is 0.136. The number of rotatable bonds is 4. The Balaban J connectivity index is 1.61.